The first-order valence-corrected chi connectivity index (χ1v) is 9.28. The molecule has 0 saturated heterocycles. The van der Waals surface area contributed by atoms with Crippen LogP contribution in [0.15, 0.2) is 89.7 Å². The number of hydrogen-bond acceptors (Lipinski definition) is 2. The zero-order chi connectivity index (χ0) is 18.6. The van der Waals surface area contributed by atoms with Crippen LogP contribution in [0.4, 0.5) is 0 Å². The third kappa shape index (κ3) is 3.20. The lowest BCUT2D eigenvalue weighted by Gasteiger charge is -2.19. The number of rotatable bonds is 6. The van der Waals surface area contributed by atoms with Crippen molar-refractivity contribution in [1.29, 1.82) is 0 Å². The van der Waals surface area contributed by atoms with E-state index in [9.17, 15) is 4.79 Å². The molecule has 0 radical (unpaired) electrons. The Hall–Kier alpha value is -3.11. The molecule has 0 spiro atoms. The van der Waals surface area contributed by atoms with Gasteiger partial charge in [0.25, 0.3) is 0 Å². The second-order valence-corrected chi connectivity index (χ2v) is 6.63. The van der Waals surface area contributed by atoms with E-state index in [2.05, 4.69) is 17.4 Å². The van der Waals surface area contributed by atoms with Gasteiger partial charge in [0.15, 0.2) is 0 Å². The highest BCUT2D eigenvalue weighted by Crippen LogP contribution is 2.26. The number of fused-ring (bicyclic) bond motifs is 1. The van der Waals surface area contributed by atoms with Crippen LogP contribution in [-0.4, -0.2) is 22.7 Å². The zero-order valence-corrected chi connectivity index (χ0v) is 15.4. The molecule has 1 heterocycles. The third-order valence-electron chi connectivity index (χ3n) is 4.96. The fourth-order valence-corrected chi connectivity index (χ4v) is 3.70. The maximum absolute atomic E-state index is 13.6. The monoisotopic (exact) mass is 357 g/mol. The van der Waals surface area contributed by atoms with Gasteiger partial charge in [-0.3, -0.25) is 9.13 Å². The minimum atomic E-state index is -0.0268. The van der Waals surface area contributed by atoms with Gasteiger partial charge in [-0.15, -0.1) is 0 Å². The molecule has 27 heavy (non-hydrogen) atoms. The Morgan fingerprint density at radius 1 is 0.815 bits per heavy atom. The topological polar surface area (TPSA) is 39.0 Å². The Morgan fingerprint density at radius 3 is 2.07 bits per heavy atom. The van der Waals surface area contributed by atoms with Gasteiger partial charge < -0.3 is 5.32 Å². The first-order valence-electron chi connectivity index (χ1n) is 9.28. The highest BCUT2D eigenvalue weighted by Gasteiger charge is 2.22. The largest absolute Gasteiger partial charge is 0.334 e. The molecule has 0 amide bonds. The molecule has 4 rings (SSSR count). The summed E-state index contributed by atoms with van der Waals surface area (Å²) in [4.78, 5) is 13.6. The van der Waals surface area contributed by atoms with Crippen molar-refractivity contribution < 1.29 is 0 Å². The van der Waals surface area contributed by atoms with Crippen LogP contribution in [0.2, 0.25) is 0 Å². The van der Waals surface area contributed by atoms with Crippen LogP contribution in [0.3, 0.4) is 0 Å². The van der Waals surface area contributed by atoms with E-state index in [-0.39, 0.29) is 11.7 Å². The zero-order valence-electron chi connectivity index (χ0n) is 15.4. The minimum absolute atomic E-state index is 0.00708. The van der Waals surface area contributed by atoms with Crippen LogP contribution < -0.4 is 11.0 Å². The molecule has 0 aliphatic heterocycles. The van der Waals surface area contributed by atoms with Gasteiger partial charge in [0, 0.05) is 0 Å². The summed E-state index contributed by atoms with van der Waals surface area (Å²) >= 11 is 0. The first-order chi connectivity index (χ1) is 13.3. The number of benzene rings is 3. The van der Waals surface area contributed by atoms with Crippen LogP contribution in [0.1, 0.15) is 18.0 Å². The van der Waals surface area contributed by atoms with Crippen molar-refractivity contribution in [3.05, 3.63) is 101 Å². The molecule has 0 aliphatic carbocycles. The van der Waals surface area contributed by atoms with Crippen molar-refractivity contribution in [1.82, 2.24) is 14.5 Å². The predicted octanol–water partition coefficient (Wildman–Crippen LogP) is 3.99. The minimum Gasteiger partial charge on any atom is -0.320 e. The lowest BCUT2D eigenvalue weighted by Crippen LogP contribution is -2.29. The summed E-state index contributed by atoms with van der Waals surface area (Å²) in [7, 11) is 1.94. The Labute approximate surface area is 158 Å². The molecule has 1 N–H and O–H groups in total. The first kappa shape index (κ1) is 17.3. The molecular formula is C23H23N3O. The van der Waals surface area contributed by atoms with Crippen LogP contribution in [0.5, 0.6) is 0 Å². The van der Waals surface area contributed by atoms with Crippen molar-refractivity contribution in [3.8, 4) is 5.69 Å². The summed E-state index contributed by atoms with van der Waals surface area (Å²) in [6.07, 6.45) is 0.837. The molecule has 0 fully saturated rings. The molecular weight excluding hydrogens is 334 g/mol. The standard InChI is InChI=1S/C23H23N3O/c1-24-17-16-20(18-10-4-2-5-11-18)26-22-15-9-8-14-21(22)25(23(26)27)19-12-6-3-7-13-19/h2-15,20,24H,16-17H2,1H3/t20-/m0/s1. The van der Waals surface area contributed by atoms with E-state index in [1.54, 1.807) is 0 Å². The van der Waals surface area contributed by atoms with Crippen LogP contribution in [0.25, 0.3) is 16.7 Å². The maximum Gasteiger partial charge on any atom is 0.334 e. The van der Waals surface area contributed by atoms with Gasteiger partial charge in [-0.1, -0.05) is 60.7 Å². The lowest BCUT2D eigenvalue weighted by atomic mass is 10.0. The van der Waals surface area contributed by atoms with Gasteiger partial charge in [-0.2, -0.15) is 0 Å². The summed E-state index contributed by atoms with van der Waals surface area (Å²) in [5.74, 6) is 0. The molecule has 136 valence electrons. The average Bonchev–Trinajstić information content (AvgIpc) is 3.02. The number of imidazole rings is 1. The molecule has 4 nitrogen and oxygen atoms in total. The molecule has 0 saturated carbocycles. The van der Waals surface area contributed by atoms with E-state index < -0.39 is 0 Å². The summed E-state index contributed by atoms with van der Waals surface area (Å²) in [5, 5.41) is 3.22. The average molecular weight is 357 g/mol. The molecule has 1 aromatic heterocycles. The lowest BCUT2D eigenvalue weighted by molar-refractivity contribution is 0.521. The molecule has 0 bridgehead atoms. The van der Waals surface area contributed by atoms with E-state index in [0.717, 1.165) is 35.2 Å². The fraction of sp³-hybridized carbons (Fsp3) is 0.174. The van der Waals surface area contributed by atoms with Crippen LogP contribution in [0, 0.1) is 0 Å². The summed E-state index contributed by atoms with van der Waals surface area (Å²) in [6.45, 7) is 0.830. The van der Waals surface area contributed by atoms with Crippen molar-refractivity contribution in [2.45, 2.75) is 12.5 Å². The van der Waals surface area contributed by atoms with Gasteiger partial charge in [0.2, 0.25) is 0 Å². The smallest absolute Gasteiger partial charge is 0.320 e. The molecule has 0 unspecified atom stereocenters. The van der Waals surface area contributed by atoms with E-state index >= 15 is 0 Å². The second-order valence-electron chi connectivity index (χ2n) is 6.63. The fourth-order valence-electron chi connectivity index (χ4n) is 3.70. The van der Waals surface area contributed by atoms with Gasteiger partial charge >= 0.3 is 5.69 Å². The van der Waals surface area contributed by atoms with Crippen molar-refractivity contribution in [2.75, 3.05) is 13.6 Å². The van der Waals surface area contributed by atoms with E-state index in [1.165, 1.54) is 0 Å². The number of hydrogen-bond donors (Lipinski definition) is 1. The van der Waals surface area contributed by atoms with E-state index in [1.807, 2.05) is 89.0 Å². The molecule has 4 aromatic rings. The van der Waals surface area contributed by atoms with Gasteiger partial charge in [-0.25, -0.2) is 4.79 Å². The summed E-state index contributed by atoms with van der Waals surface area (Å²) in [5.41, 5.74) is 3.91. The molecule has 0 aliphatic rings. The summed E-state index contributed by atoms with van der Waals surface area (Å²) in [6, 6.07) is 28.1. The SMILES string of the molecule is CNCC[C@@H](c1ccccc1)n1c(=O)n(-c2ccccc2)c2ccccc21. The number of nitrogens with one attached hydrogen (secondary N) is 1. The Kier molecular flexibility index (Phi) is 4.90. The Bertz CT molecular complexity index is 1080. The molecule has 4 heteroatoms. The quantitative estimate of drug-likeness (QED) is 0.567. The normalized spacial score (nSPS) is 12.3. The van der Waals surface area contributed by atoms with Crippen LogP contribution in [-0.2, 0) is 0 Å². The van der Waals surface area contributed by atoms with Crippen molar-refractivity contribution in [2.24, 2.45) is 0 Å². The van der Waals surface area contributed by atoms with E-state index in [0.29, 0.717) is 0 Å². The second kappa shape index (κ2) is 7.64. The highest BCUT2D eigenvalue weighted by atomic mass is 16.1. The van der Waals surface area contributed by atoms with Gasteiger partial charge in [0.1, 0.15) is 0 Å². The molecule has 1 atom stereocenters. The Morgan fingerprint density at radius 2 is 1.41 bits per heavy atom. The maximum atomic E-state index is 13.6. The Balaban J connectivity index is 1.98. The van der Waals surface area contributed by atoms with Gasteiger partial charge in [-0.05, 0) is 49.8 Å². The van der Waals surface area contributed by atoms with Crippen molar-refractivity contribution in [3.63, 3.8) is 0 Å². The third-order valence-corrected chi connectivity index (χ3v) is 4.96. The highest BCUT2D eigenvalue weighted by molar-refractivity contribution is 5.78. The summed E-state index contributed by atoms with van der Waals surface area (Å²) < 4.78 is 3.75. The van der Waals surface area contributed by atoms with Crippen LogP contribution >= 0.6 is 0 Å². The predicted molar refractivity (Wildman–Crippen MR) is 111 cm³/mol. The van der Waals surface area contributed by atoms with Gasteiger partial charge in [0.05, 0.1) is 22.8 Å². The molecule has 3 aromatic carbocycles. The number of nitrogens with zero attached hydrogens (tertiary/aromatic N) is 2. The van der Waals surface area contributed by atoms with E-state index in [4.69, 9.17) is 0 Å². The number of para-hydroxylation sites is 3. The van der Waals surface area contributed by atoms with Crippen molar-refractivity contribution >= 4 is 11.0 Å². The number of aromatic nitrogens is 2.